The average molecular weight is 191 g/mol. The molecule has 0 saturated carbocycles. The van der Waals surface area contributed by atoms with Crippen molar-refractivity contribution < 1.29 is 0 Å². The van der Waals surface area contributed by atoms with Crippen LogP contribution in [0.2, 0.25) is 0 Å². The molecule has 1 heteroatoms. The van der Waals surface area contributed by atoms with Crippen LogP contribution in [0, 0.1) is 17.8 Å². The molecule has 0 aliphatic heterocycles. The predicted molar refractivity (Wildman–Crippen MR) is 57.7 cm³/mol. The normalized spacial score (nSPS) is 16.5. The lowest BCUT2D eigenvalue weighted by Gasteiger charge is -2.22. The molecule has 0 aromatic rings. The SMILES string of the molecule is CCCC(CCl)C(C)CC(C)C. The molecule has 0 saturated heterocycles. The molecular formula is C11H23Cl. The summed E-state index contributed by atoms with van der Waals surface area (Å²) < 4.78 is 0. The van der Waals surface area contributed by atoms with E-state index in [1.165, 1.54) is 19.3 Å². The molecule has 0 nitrogen and oxygen atoms in total. The van der Waals surface area contributed by atoms with Crippen LogP contribution in [0.4, 0.5) is 0 Å². The van der Waals surface area contributed by atoms with Crippen LogP contribution in [-0.4, -0.2) is 5.88 Å². The topological polar surface area (TPSA) is 0 Å². The molecule has 0 aromatic carbocycles. The van der Waals surface area contributed by atoms with Gasteiger partial charge in [-0.1, -0.05) is 34.1 Å². The Morgan fingerprint density at radius 3 is 2.08 bits per heavy atom. The van der Waals surface area contributed by atoms with Crippen molar-refractivity contribution >= 4 is 11.6 Å². The highest BCUT2D eigenvalue weighted by molar-refractivity contribution is 6.18. The summed E-state index contributed by atoms with van der Waals surface area (Å²) >= 11 is 5.92. The predicted octanol–water partition coefficient (Wildman–Crippen LogP) is 4.32. The van der Waals surface area contributed by atoms with Crippen molar-refractivity contribution in [3.63, 3.8) is 0 Å². The Bertz CT molecular complexity index is 99.2. The molecule has 0 radical (unpaired) electrons. The summed E-state index contributed by atoms with van der Waals surface area (Å²) in [5.74, 6) is 3.17. The second-order valence-corrected chi connectivity index (χ2v) is 4.62. The number of hydrogen-bond donors (Lipinski definition) is 0. The summed E-state index contributed by atoms with van der Waals surface area (Å²) in [6, 6.07) is 0. The maximum atomic E-state index is 5.92. The minimum Gasteiger partial charge on any atom is -0.126 e. The molecule has 2 atom stereocenters. The van der Waals surface area contributed by atoms with Crippen LogP contribution >= 0.6 is 11.6 Å². The van der Waals surface area contributed by atoms with Crippen molar-refractivity contribution in [2.24, 2.45) is 17.8 Å². The van der Waals surface area contributed by atoms with Gasteiger partial charge in [0.25, 0.3) is 0 Å². The van der Waals surface area contributed by atoms with Crippen LogP contribution in [0.3, 0.4) is 0 Å². The lowest BCUT2D eigenvalue weighted by Crippen LogP contribution is -2.15. The van der Waals surface area contributed by atoms with E-state index in [1.54, 1.807) is 0 Å². The van der Waals surface area contributed by atoms with Gasteiger partial charge in [-0.25, -0.2) is 0 Å². The van der Waals surface area contributed by atoms with Gasteiger partial charge >= 0.3 is 0 Å². The van der Waals surface area contributed by atoms with Crippen LogP contribution in [0.15, 0.2) is 0 Å². The van der Waals surface area contributed by atoms with E-state index in [0.29, 0.717) is 0 Å². The van der Waals surface area contributed by atoms with E-state index in [4.69, 9.17) is 11.6 Å². The zero-order valence-electron chi connectivity index (χ0n) is 8.94. The van der Waals surface area contributed by atoms with Gasteiger partial charge in [0.15, 0.2) is 0 Å². The molecule has 0 aliphatic carbocycles. The van der Waals surface area contributed by atoms with E-state index < -0.39 is 0 Å². The van der Waals surface area contributed by atoms with Crippen molar-refractivity contribution in [1.29, 1.82) is 0 Å². The quantitative estimate of drug-likeness (QED) is 0.548. The molecule has 0 fully saturated rings. The van der Waals surface area contributed by atoms with E-state index in [0.717, 1.165) is 23.6 Å². The van der Waals surface area contributed by atoms with E-state index in [2.05, 4.69) is 27.7 Å². The van der Waals surface area contributed by atoms with Crippen molar-refractivity contribution in [1.82, 2.24) is 0 Å². The molecule has 0 bridgehead atoms. The Balaban J connectivity index is 3.76. The molecule has 0 amide bonds. The Hall–Kier alpha value is 0.290. The highest BCUT2D eigenvalue weighted by Gasteiger charge is 2.16. The number of alkyl halides is 1. The van der Waals surface area contributed by atoms with E-state index in [9.17, 15) is 0 Å². The summed E-state index contributed by atoms with van der Waals surface area (Å²) in [7, 11) is 0. The fourth-order valence-corrected chi connectivity index (χ4v) is 2.28. The maximum Gasteiger partial charge on any atom is 0.0254 e. The van der Waals surface area contributed by atoms with Gasteiger partial charge in [0.1, 0.15) is 0 Å². The molecule has 0 heterocycles. The Kier molecular flexibility index (Phi) is 6.93. The molecule has 0 spiro atoms. The van der Waals surface area contributed by atoms with Gasteiger partial charge in [-0.15, -0.1) is 11.6 Å². The van der Waals surface area contributed by atoms with Gasteiger partial charge in [-0.2, -0.15) is 0 Å². The van der Waals surface area contributed by atoms with Gasteiger partial charge in [0.2, 0.25) is 0 Å². The smallest absolute Gasteiger partial charge is 0.0254 e. The summed E-state index contributed by atoms with van der Waals surface area (Å²) in [5, 5.41) is 0. The van der Waals surface area contributed by atoms with Crippen molar-refractivity contribution in [3.05, 3.63) is 0 Å². The molecule has 0 aromatic heterocycles. The Morgan fingerprint density at radius 1 is 1.17 bits per heavy atom. The molecule has 74 valence electrons. The van der Waals surface area contributed by atoms with Gasteiger partial charge < -0.3 is 0 Å². The van der Waals surface area contributed by atoms with E-state index >= 15 is 0 Å². The third-order valence-electron chi connectivity index (χ3n) is 2.51. The monoisotopic (exact) mass is 190 g/mol. The second kappa shape index (κ2) is 6.77. The molecule has 2 unspecified atom stereocenters. The van der Waals surface area contributed by atoms with E-state index in [1.807, 2.05) is 0 Å². The standard InChI is InChI=1S/C11H23Cl/c1-5-6-11(8-12)10(4)7-9(2)3/h9-11H,5-8H2,1-4H3. The lowest BCUT2D eigenvalue weighted by molar-refractivity contribution is 0.310. The number of hydrogen-bond acceptors (Lipinski definition) is 0. The zero-order chi connectivity index (χ0) is 9.56. The van der Waals surface area contributed by atoms with Crippen LogP contribution < -0.4 is 0 Å². The molecular weight excluding hydrogens is 168 g/mol. The fourth-order valence-electron chi connectivity index (χ4n) is 1.82. The summed E-state index contributed by atoms with van der Waals surface area (Å²) in [6.07, 6.45) is 3.87. The molecule has 0 N–H and O–H groups in total. The Morgan fingerprint density at radius 2 is 1.75 bits per heavy atom. The van der Waals surface area contributed by atoms with E-state index in [-0.39, 0.29) is 0 Å². The summed E-state index contributed by atoms with van der Waals surface area (Å²) in [6.45, 7) is 9.14. The number of rotatable bonds is 6. The first-order valence-corrected chi connectivity index (χ1v) is 5.71. The minimum atomic E-state index is 0.735. The third-order valence-corrected chi connectivity index (χ3v) is 2.90. The minimum absolute atomic E-state index is 0.735. The van der Waals surface area contributed by atoms with Crippen molar-refractivity contribution in [3.8, 4) is 0 Å². The van der Waals surface area contributed by atoms with Crippen molar-refractivity contribution in [2.75, 3.05) is 5.88 Å². The largest absolute Gasteiger partial charge is 0.126 e. The van der Waals surface area contributed by atoms with Gasteiger partial charge in [-0.05, 0) is 30.6 Å². The van der Waals surface area contributed by atoms with Gasteiger partial charge in [0.05, 0.1) is 0 Å². The first kappa shape index (κ1) is 12.3. The van der Waals surface area contributed by atoms with Gasteiger partial charge in [-0.3, -0.25) is 0 Å². The first-order chi connectivity index (χ1) is 5.61. The third kappa shape index (κ3) is 5.03. The second-order valence-electron chi connectivity index (χ2n) is 4.31. The number of halogens is 1. The average Bonchev–Trinajstić information content (AvgIpc) is 1.98. The first-order valence-electron chi connectivity index (χ1n) is 5.17. The lowest BCUT2D eigenvalue weighted by atomic mass is 9.85. The highest BCUT2D eigenvalue weighted by atomic mass is 35.5. The van der Waals surface area contributed by atoms with Crippen LogP contribution in [0.1, 0.15) is 47.0 Å². The van der Waals surface area contributed by atoms with Crippen LogP contribution in [0.25, 0.3) is 0 Å². The van der Waals surface area contributed by atoms with Crippen molar-refractivity contribution in [2.45, 2.75) is 47.0 Å². The van der Waals surface area contributed by atoms with Crippen LogP contribution in [0.5, 0.6) is 0 Å². The highest BCUT2D eigenvalue weighted by Crippen LogP contribution is 2.24. The molecule has 0 rings (SSSR count). The molecule has 0 aliphatic rings. The molecule has 12 heavy (non-hydrogen) atoms. The Labute approximate surface area is 82.7 Å². The van der Waals surface area contributed by atoms with Crippen LogP contribution in [-0.2, 0) is 0 Å². The maximum absolute atomic E-state index is 5.92. The summed E-state index contributed by atoms with van der Waals surface area (Å²) in [5.41, 5.74) is 0. The fraction of sp³-hybridized carbons (Fsp3) is 1.00. The van der Waals surface area contributed by atoms with Gasteiger partial charge in [0, 0.05) is 5.88 Å². The summed E-state index contributed by atoms with van der Waals surface area (Å²) in [4.78, 5) is 0. The zero-order valence-corrected chi connectivity index (χ0v) is 9.69.